The number of nitriles is 1. The molecule has 0 aromatic heterocycles. The van der Waals surface area contributed by atoms with Gasteiger partial charge in [-0.1, -0.05) is 29.8 Å². The van der Waals surface area contributed by atoms with E-state index in [1.165, 1.54) is 17.8 Å². The molecule has 0 saturated heterocycles. The van der Waals surface area contributed by atoms with Gasteiger partial charge in [-0.3, -0.25) is 0 Å². The molecular weight excluding hydrogens is 295 g/mol. The van der Waals surface area contributed by atoms with Crippen molar-refractivity contribution < 1.29 is 13.2 Å². The third kappa shape index (κ3) is 4.02. The smallest absolute Gasteiger partial charge is 0.192 e. The molecule has 0 bridgehead atoms. The summed E-state index contributed by atoms with van der Waals surface area (Å²) in [6, 6.07) is 13.0. The fraction of sp³-hybridized carbons (Fsp3) is 0.188. The molecule has 0 saturated carbocycles. The summed E-state index contributed by atoms with van der Waals surface area (Å²) in [6.07, 6.45) is -4.43. The molecule has 0 aliphatic rings. The minimum atomic E-state index is -4.43. The number of halogens is 3. The normalized spacial score (nSPS) is 11.2. The molecule has 0 unspecified atom stereocenters. The van der Waals surface area contributed by atoms with E-state index in [1.54, 1.807) is 0 Å². The van der Waals surface area contributed by atoms with Crippen LogP contribution in [0.2, 0.25) is 0 Å². The Morgan fingerprint density at radius 3 is 2.52 bits per heavy atom. The van der Waals surface area contributed by atoms with E-state index in [-0.39, 0.29) is 5.56 Å². The van der Waals surface area contributed by atoms with Crippen molar-refractivity contribution in [3.05, 3.63) is 64.7 Å². The van der Waals surface area contributed by atoms with Crippen molar-refractivity contribution in [2.24, 2.45) is 0 Å². The van der Waals surface area contributed by atoms with E-state index in [9.17, 15) is 13.2 Å². The predicted octanol–water partition coefficient (Wildman–Crippen LogP) is 5.18. The van der Waals surface area contributed by atoms with Crippen LogP contribution in [0.3, 0.4) is 0 Å². The van der Waals surface area contributed by atoms with Gasteiger partial charge in [-0.2, -0.15) is 18.4 Å². The van der Waals surface area contributed by atoms with E-state index in [1.807, 2.05) is 37.3 Å². The van der Waals surface area contributed by atoms with E-state index in [4.69, 9.17) is 5.26 Å². The van der Waals surface area contributed by atoms with Crippen LogP contribution in [0.25, 0.3) is 0 Å². The van der Waals surface area contributed by atoms with Gasteiger partial charge in [0.15, 0.2) is 0 Å². The molecular formula is C16H12F3NS. The Morgan fingerprint density at radius 1 is 1.14 bits per heavy atom. The van der Waals surface area contributed by atoms with Gasteiger partial charge in [0, 0.05) is 10.6 Å². The first kappa shape index (κ1) is 15.5. The van der Waals surface area contributed by atoms with Gasteiger partial charge in [-0.05, 0) is 30.7 Å². The molecule has 1 nitrogen and oxygen atoms in total. The van der Waals surface area contributed by atoms with Crippen LogP contribution in [0.1, 0.15) is 22.3 Å². The zero-order valence-corrected chi connectivity index (χ0v) is 12.1. The summed E-state index contributed by atoms with van der Waals surface area (Å²) >= 11 is 1.36. The number of aryl methyl sites for hydroxylation is 1. The quantitative estimate of drug-likeness (QED) is 0.730. The fourth-order valence-corrected chi connectivity index (χ4v) is 2.81. The molecule has 2 aromatic rings. The first-order chi connectivity index (χ1) is 9.90. The Balaban J connectivity index is 2.19. The van der Waals surface area contributed by atoms with Gasteiger partial charge >= 0.3 is 6.18 Å². The van der Waals surface area contributed by atoms with Gasteiger partial charge in [-0.25, -0.2) is 0 Å². The molecule has 2 aromatic carbocycles. The number of thioether (sulfide) groups is 1. The minimum absolute atomic E-state index is 0.0579. The van der Waals surface area contributed by atoms with Gasteiger partial charge in [0.1, 0.15) is 6.07 Å². The zero-order chi connectivity index (χ0) is 15.5. The van der Waals surface area contributed by atoms with Crippen LogP contribution in [0.15, 0.2) is 47.4 Å². The third-order valence-corrected chi connectivity index (χ3v) is 4.05. The van der Waals surface area contributed by atoms with Gasteiger partial charge < -0.3 is 0 Å². The van der Waals surface area contributed by atoms with Crippen LogP contribution in [-0.2, 0) is 11.9 Å². The summed E-state index contributed by atoms with van der Waals surface area (Å²) in [4.78, 5) is 0.562. The second kappa shape index (κ2) is 6.23. The number of nitrogens with zero attached hydrogens (tertiary/aromatic N) is 1. The maximum Gasteiger partial charge on any atom is 0.416 e. The number of rotatable bonds is 3. The number of hydrogen-bond donors (Lipinski definition) is 0. The van der Waals surface area contributed by atoms with E-state index in [0.29, 0.717) is 10.6 Å². The van der Waals surface area contributed by atoms with Gasteiger partial charge in [0.2, 0.25) is 0 Å². The minimum Gasteiger partial charge on any atom is -0.192 e. The molecule has 108 valence electrons. The highest BCUT2D eigenvalue weighted by atomic mass is 32.2. The fourth-order valence-electron chi connectivity index (χ4n) is 1.88. The highest BCUT2D eigenvalue weighted by Crippen LogP contribution is 2.33. The molecule has 0 amide bonds. The largest absolute Gasteiger partial charge is 0.416 e. The molecule has 0 radical (unpaired) electrons. The van der Waals surface area contributed by atoms with Crippen LogP contribution in [0.5, 0.6) is 0 Å². The second-order valence-corrected chi connectivity index (χ2v) is 5.62. The highest BCUT2D eigenvalue weighted by molar-refractivity contribution is 7.98. The summed E-state index contributed by atoms with van der Waals surface area (Å²) in [5.74, 6) is 0.613. The van der Waals surface area contributed by atoms with Crippen molar-refractivity contribution in [1.29, 1.82) is 5.26 Å². The molecule has 0 heterocycles. The average Bonchev–Trinajstić information content (AvgIpc) is 2.44. The molecule has 2 rings (SSSR count). The monoisotopic (exact) mass is 307 g/mol. The lowest BCUT2D eigenvalue weighted by Gasteiger charge is -2.09. The van der Waals surface area contributed by atoms with Crippen LogP contribution in [0, 0.1) is 18.3 Å². The van der Waals surface area contributed by atoms with Crippen molar-refractivity contribution in [2.45, 2.75) is 23.7 Å². The lowest BCUT2D eigenvalue weighted by atomic mass is 10.1. The van der Waals surface area contributed by atoms with Gasteiger partial charge in [0.05, 0.1) is 11.1 Å². The zero-order valence-electron chi connectivity index (χ0n) is 11.2. The van der Waals surface area contributed by atoms with E-state index in [2.05, 4.69) is 0 Å². The molecule has 0 atom stereocenters. The first-order valence-corrected chi connectivity index (χ1v) is 7.18. The van der Waals surface area contributed by atoms with Crippen LogP contribution in [0.4, 0.5) is 13.2 Å². The molecule has 0 aliphatic carbocycles. The summed E-state index contributed by atoms with van der Waals surface area (Å²) in [5, 5.41) is 9.02. The first-order valence-electron chi connectivity index (χ1n) is 6.20. The van der Waals surface area contributed by atoms with Gasteiger partial charge in [0.25, 0.3) is 0 Å². The Morgan fingerprint density at radius 2 is 1.90 bits per heavy atom. The van der Waals surface area contributed by atoms with E-state index >= 15 is 0 Å². The van der Waals surface area contributed by atoms with Crippen molar-refractivity contribution in [3.8, 4) is 6.07 Å². The van der Waals surface area contributed by atoms with Gasteiger partial charge in [-0.15, -0.1) is 11.8 Å². The van der Waals surface area contributed by atoms with Crippen molar-refractivity contribution >= 4 is 11.8 Å². The number of alkyl halides is 3. The average molecular weight is 307 g/mol. The topological polar surface area (TPSA) is 23.8 Å². The summed E-state index contributed by atoms with van der Waals surface area (Å²) in [6.45, 7) is 1.98. The molecule has 0 N–H and O–H groups in total. The Labute approximate surface area is 125 Å². The number of hydrogen-bond acceptors (Lipinski definition) is 2. The van der Waals surface area contributed by atoms with Crippen LogP contribution >= 0.6 is 11.8 Å². The maximum absolute atomic E-state index is 12.6. The summed E-state index contributed by atoms with van der Waals surface area (Å²) < 4.78 is 37.8. The maximum atomic E-state index is 12.6. The Bertz CT molecular complexity index is 687. The predicted molar refractivity (Wildman–Crippen MR) is 76.9 cm³/mol. The third-order valence-electron chi connectivity index (χ3n) is 2.90. The Hall–Kier alpha value is -1.93. The lowest BCUT2D eigenvalue weighted by molar-refractivity contribution is -0.137. The molecule has 0 aliphatic heterocycles. The van der Waals surface area contributed by atoms with E-state index < -0.39 is 11.7 Å². The van der Waals surface area contributed by atoms with Crippen molar-refractivity contribution in [1.82, 2.24) is 0 Å². The standard InChI is InChI=1S/C16H12F3NS/c1-11-3-2-4-12(7-11)10-21-15-6-5-14(16(17,18)19)8-13(15)9-20/h2-8H,10H2,1H3. The summed E-state index contributed by atoms with van der Waals surface area (Å²) in [7, 11) is 0. The molecule has 5 heteroatoms. The van der Waals surface area contributed by atoms with E-state index in [0.717, 1.165) is 23.3 Å². The molecule has 0 spiro atoms. The molecule has 21 heavy (non-hydrogen) atoms. The number of benzene rings is 2. The SMILES string of the molecule is Cc1cccc(CSc2ccc(C(F)(F)F)cc2C#N)c1. The van der Waals surface area contributed by atoms with Crippen LogP contribution < -0.4 is 0 Å². The van der Waals surface area contributed by atoms with Crippen LogP contribution in [-0.4, -0.2) is 0 Å². The highest BCUT2D eigenvalue weighted by Gasteiger charge is 2.31. The van der Waals surface area contributed by atoms with Crippen molar-refractivity contribution in [3.63, 3.8) is 0 Å². The lowest BCUT2D eigenvalue weighted by Crippen LogP contribution is -2.05. The second-order valence-electron chi connectivity index (χ2n) is 4.60. The summed E-state index contributed by atoms with van der Waals surface area (Å²) in [5.41, 5.74) is 1.46. The Kier molecular flexibility index (Phi) is 4.59. The van der Waals surface area contributed by atoms with Crippen molar-refractivity contribution in [2.75, 3.05) is 0 Å². The molecule has 0 fully saturated rings.